The molecule has 1 saturated heterocycles. The zero-order valence-corrected chi connectivity index (χ0v) is 15.1. The molecule has 1 aliphatic heterocycles. The van der Waals surface area contributed by atoms with Crippen molar-refractivity contribution in [2.75, 3.05) is 13.2 Å². The maximum atomic E-state index is 11.5. The van der Waals surface area contributed by atoms with E-state index in [2.05, 4.69) is 5.32 Å². The predicted octanol–water partition coefficient (Wildman–Crippen LogP) is 3.98. The molecule has 0 spiro atoms. The number of hydrogen-bond donors (Lipinski definition) is 1. The summed E-state index contributed by atoms with van der Waals surface area (Å²) in [6, 6.07) is 2.02. The highest BCUT2D eigenvalue weighted by molar-refractivity contribution is 8.18. The number of imide groups is 1. The molecule has 0 unspecified atom stereocenters. The van der Waals surface area contributed by atoms with E-state index in [1.54, 1.807) is 12.2 Å². The summed E-state index contributed by atoms with van der Waals surface area (Å²) in [5.41, 5.74) is 2.94. The summed E-state index contributed by atoms with van der Waals surface area (Å²) in [6.45, 7) is 8.95. The Balaban J connectivity index is 2.33. The third kappa shape index (κ3) is 4.00. The molecule has 0 bridgehead atoms. The molecule has 2 amide bonds. The zero-order valence-electron chi connectivity index (χ0n) is 14.3. The van der Waals surface area contributed by atoms with E-state index in [0.29, 0.717) is 18.1 Å². The minimum atomic E-state index is -0.357. The molecular formula is C18H21NO4S. The molecule has 1 aromatic carbocycles. The molecule has 6 heteroatoms. The van der Waals surface area contributed by atoms with Crippen LogP contribution in [0.15, 0.2) is 23.1 Å². The Kier molecular flexibility index (Phi) is 6.09. The molecule has 0 radical (unpaired) electrons. The van der Waals surface area contributed by atoms with E-state index in [0.717, 1.165) is 40.0 Å². The normalized spacial score (nSPS) is 16.1. The van der Waals surface area contributed by atoms with Crippen LogP contribution in [0.3, 0.4) is 0 Å². The highest BCUT2D eigenvalue weighted by atomic mass is 32.2. The fourth-order valence-corrected chi connectivity index (χ4v) is 3.01. The third-order valence-electron chi connectivity index (χ3n) is 3.45. The number of allylic oxidation sites excluding steroid dienone is 2. The molecule has 24 heavy (non-hydrogen) atoms. The van der Waals surface area contributed by atoms with Crippen LogP contribution >= 0.6 is 11.8 Å². The Morgan fingerprint density at radius 3 is 2.38 bits per heavy atom. The lowest BCUT2D eigenvalue weighted by atomic mass is 10.0. The van der Waals surface area contributed by atoms with Gasteiger partial charge in [0.15, 0.2) is 11.5 Å². The lowest BCUT2D eigenvalue weighted by Crippen LogP contribution is -2.17. The van der Waals surface area contributed by atoms with Gasteiger partial charge in [-0.05, 0) is 62.7 Å². The molecule has 1 aromatic rings. The van der Waals surface area contributed by atoms with Crippen LogP contribution in [0.5, 0.6) is 11.5 Å². The summed E-state index contributed by atoms with van der Waals surface area (Å²) in [6.07, 6.45) is 5.29. The van der Waals surface area contributed by atoms with Gasteiger partial charge in [0, 0.05) is 5.56 Å². The number of ether oxygens (including phenoxy) is 2. The van der Waals surface area contributed by atoms with Crippen LogP contribution < -0.4 is 14.8 Å². The maximum Gasteiger partial charge on any atom is 0.290 e. The van der Waals surface area contributed by atoms with Crippen LogP contribution in [0.4, 0.5) is 4.79 Å². The van der Waals surface area contributed by atoms with Crippen molar-refractivity contribution >= 4 is 29.0 Å². The van der Waals surface area contributed by atoms with Crippen molar-refractivity contribution in [3.63, 3.8) is 0 Å². The second kappa shape index (κ2) is 8.06. The number of rotatable bonds is 6. The van der Waals surface area contributed by atoms with Gasteiger partial charge in [-0.3, -0.25) is 14.9 Å². The summed E-state index contributed by atoms with van der Waals surface area (Å²) in [5, 5.41) is 1.89. The van der Waals surface area contributed by atoms with Gasteiger partial charge in [-0.25, -0.2) is 0 Å². The molecule has 1 N–H and O–H groups in total. The van der Waals surface area contributed by atoms with Gasteiger partial charge < -0.3 is 9.47 Å². The van der Waals surface area contributed by atoms with Gasteiger partial charge in [0.25, 0.3) is 11.1 Å². The number of hydrogen-bond acceptors (Lipinski definition) is 5. The van der Waals surface area contributed by atoms with Crippen LogP contribution in [0.25, 0.3) is 6.08 Å². The van der Waals surface area contributed by atoms with Crippen LogP contribution in [-0.2, 0) is 4.79 Å². The van der Waals surface area contributed by atoms with Crippen molar-refractivity contribution in [3.05, 3.63) is 39.8 Å². The first-order valence-corrected chi connectivity index (χ1v) is 8.60. The van der Waals surface area contributed by atoms with Crippen LogP contribution in [0, 0.1) is 13.8 Å². The second-order valence-electron chi connectivity index (χ2n) is 5.17. The van der Waals surface area contributed by atoms with Gasteiger partial charge in [0.1, 0.15) is 0 Å². The molecule has 5 nitrogen and oxygen atoms in total. The first-order valence-electron chi connectivity index (χ1n) is 7.79. The molecule has 0 aromatic heterocycles. The molecule has 128 valence electrons. The van der Waals surface area contributed by atoms with Gasteiger partial charge in [-0.1, -0.05) is 12.2 Å². The number of amides is 2. The minimum Gasteiger partial charge on any atom is -0.490 e. The Labute approximate surface area is 146 Å². The average molecular weight is 347 g/mol. The average Bonchev–Trinajstić information content (AvgIpc) is 2.85. The van der Waals surface area contributed by atoms with Crippen molar-refractivity contribution in [1.82, 2.24) is 5.32 Å². The smallest absolute Gasteiger partial charge is 0.290 e. The SMILES string of the molecule is CCOc1c(C)cc(C=CC=C2SC(=O)NC2=O)c(C)c1OCC. The van der Waals surface area contributed by atoms with Crippen LogP contribution in [0.1, 0.15) is 30.5 Å². The van der Waals surface area contributed by atoms with Gasteiger partial charge >= 0.3 is 0 Å². The van der Waals surface area contributed by atoms with Crippen molar-refractivity contribution < 1.29 is 19.1 Å². The van der Waals surface area contributed by atoms with Gasteiger partial charge in [-0.2, -0.15) is 0 Å². The van der Waals surface area contributed by atoms with Crippen molar-refractivity contribution in [2.45, 2.75) is 27.7 Å². The summed E-state index contributed by atoms with van der Waals surface area (Å²) in [4.78, 5) is 23.0. The predicted molar refractivity (Wildman–Crippen MR) is 96.5 cm³/mol. The first kappa shape index (κ1) is 18.1. The fourth-order valence-electron chi connectivity index (χ4n) is 2.38. The van der Waals surface area contributed by atoms with E-state index in [1.807, 2.05) is 39.8 Å². The standard InChI is InChI=1S/C18H21NO4S/c1-5-22-15-11(3)10-13(12(4)16(15)23-6-2)8-7-9-14-17(20)19-18(21)24-14/h7-10H,5-6H2,1-4H3,(H,19,20,21). The van der Waals surface area contributed by atoms with E-state index < -0.39 is 0 Å². The van der Waals surface area contributed by atoms with E-state index in [-0.39, 0.29) is 11.1 Å². The molecule has 0 aliphatic carbocycles. The summed E-state index contributed by atoms with van der Waals surface area (Å²) >= 11 is 0.902. The summed E-state index contributed by atoms with van der Waals surface area (Å²) in [5.74, 6) is 1.16. The van der Waals surface area contributed by atoms with E-state index in [9.17, 15) is 9.59 Å². The van der Waals surface area contributed by atoms with Gasteiger partial charge in [0.2, 0.25) is 0 Å². The van der Waals surface area contributed by atoms with E-state index in [4.69, 9.17) is 9.47 Å². The van der Waals surface area contributed by atoms with Crippen LogP contribution in [0.2, 0.25) is 0 Å². The number of thioether (sulfide) groups is 1. The Bertz CT molecular complexity index is 722. The highest BCUT2D eigenvalue weighted by Gasteiger charge is 2.24. The van der Waals surface area contributed by atoms with Crippen molar-refractivity contribution in [3.8, 4) is 11.5 Å². The minimum absolute atomic E-state index is 0.341. The molecule has 2 rings (SSSR count). The number of carbonyl (C=O) groups is 2. The topological polar surface area (TPSA) is 64.6 Å². The summed E-state index contributed by atoms with van der Waals surface area (Å²) < 4.78 is 11.5. The molecule has 0 saturated carbocycles. The quantitative estimate of drug-likeness (QED) is 0.789. The Hall–Kier alpha value is -2.21. The largest absolute Gasteiger partial charge is 0.490 e. The lowest BCUT2D eigenvalue weighted by Gasteiger charge is -2.17. The summed E-state index contributed by atoms with van der Waals surface area (Å²) in [7, 11) is 0. The first-order chi connectivity index (χ1) is 11.5. The van der Waals surface area contributed by atoms with Gasteiger partial charge in [-0.15, -0.1) is 0 Å². The fraction of sp³-hybridized carbons (Fsp3) is 0.333. The van der Waals surface area contributed by atoms with Crippen LogP contribution in [-0.4, -0.2) is 24.4 Å². The monoisotopic (exact) mass is 347 g/mol. The van der Waals surface area contributed by atoms with Crippen molar-refractivity contribution in [1.29, 1.82) is 0 Å². The number of benzene rings is 1. The molecule has 1 fully saturated rings. The molecular weight excluding hydrogens is 326 g/mol. The molecule has 0 atom stereocenters. The Morgan fingerprint density at radius 2 is 1.79 bits per heavy atom. The second-order valence-corrected chi connectivity index (χ2v) is 6.18. The number of carbonyl (C=O) groups excluding carboxylic acids is 2. The highest BCUT2D eigenvalue weighted by Crippen LogP contribution is 2.37. The molecule has 1 heterocycles. The van der Waals surface area contributed by atoms with E-state index in [1.165, 1.54) is 0 Å². The van der Waals surface area contributed by atoms with E-state index >= 15 is 0 Å². The van der Waals surface area contributed by atoms with Crippen molar-refractivity contribution in [2.24, 2.45) is 0 Å². The Morgan fingerprint density at radius 1 is 1.12 bits per heavy atom. The maximum absolute atomic E-state index is 11.5. The number of aryl methyl sites for hydroxylation is 1. The third-order valence-corrected chi connectivity index (χ3v) is 4.28. The van der Waals surface area contributed by atoms with Gasteiger partial charge in [0.05, 0.1) is 18.1 Å². The zero-order chi connectivity index (χ0) is 17.7. The lowest BCUT2D eigenvalue weighted by molar-refractivity contribution is -0.115. The molecule has 1 aliphatic rings. The number of nitrogens with one attached hydrogen (secondary N) is 1.